The first-order valence-corrected chi connectivity index (χ1v) is 7.30. The molecule has 19 heavy (non-hydrogen) atoms. The van der Waals surface area contributed by atoms with Crippen molar-refractivity contribution < 1.29 is 17.9 Å². The van der Waals surface area contributed by atoms with Gasteiger partial charge in [0.2, 0.25) is 10.0 Å². The van der Waals surface area contributed by atoms with Crippen LogP contribution >= 0.6 is 0 Å². The second-order valence-electron chi connectivity index (χ2n) is 3.69. The van der Waals surface area contributed by atoms with Gasteiger partial charge in [-0.15, -0.1) is 0 Å². The number of nitrogens with one attached hydrogen (secondary N) is 1. The van der Waals surface area contributed by atoms with Crippen LogP contribution in [-0.2, 0) is 26.0 Å². The van der Waals surface area contributed by atoms with E-state index in [-0.39, 0.29) is 24.6 Å². The number of hydrogen-bond acceptors (Lipinski definition) is 6. The molecule has 0 aliphatic rings. The Bertz CT molecular complexity index is 461. The number of ether oxygens (including phenoxy) is 2. The maximum Gasteiger partial charge on any atom is 0.242 e. The largest absolute Gasteiger partial charge is 0.382 e. The average Bonchev–Trinajstić information content (AvgIpc) is 2.43. The Morgan fingerprint density at radius 1 is 1.32 bits per heavy atom. The molecule has 0 unspecified atom stereocenters. The van der Waals surface area contributed by atoms with Crippen molar-refractivity contribution in [2.24, 2.45) is 5.73 Å². The fraction of sp³-hybridized carbons (Fsp3) is 0.545. The van der Waals surface area contributed by atoms with Gasteiger partial charge in [-0.25, -0.2) is 13.1 Å². The van der Waals surface area contributed by atoms with Crippen molar-refractivity contribution in [3.05, 3.63) is 24.0 Å². The van der Waals surface area contributed by atoms with E-state index in [1.807, 2.05) is 0 Å². The van der Waals surface area contributed by atoms with Crippen molar-refractivity contribution in [1.29, 1.82) is 0 Å². The maximum atomic E-state index is 11.9. The molecule has 108 valence electrons. The van der Waals surface area contributed by atoms with E-state index in [0.717, 1.165) is 0 Å². The van der Waals surface area contributed by atoms with Crippen molar-refractivity contribution >= 4 is 10.0 Å². The van der Waals surface area contributed by atoms with E-state index in [0.29, 0.717) is 18.9 Å². The zero-order valence-corrected chi connectivity index (χ0v) is 11.6. The highest BCUT2D eigenvalue weighted by Gasteiger charge is 2.13. The number of hydrogen-bond donors (Lipinski definition) is 2. The molecular formula is C11H19N3O4S. The van der Waals surface area contributed by atoms with E-state index >= 15 is 0 Å². The molecule has 0 amide bonds. The van der Waals surface area contributed by atoms with Crippen molar-refractivity contribution in [2.75, 3.05) is 33.5 Å². The van der Waals surface area contributed by atoms with Gasteiger partial charge < -0.3 is 15.2 Å². The SMILES string of the molecule is COCCOCCNS(=O)(=O)c1ccc(CN)nc1. The van der Waals surface area contributed by atoms with Crippen LogP contribution in [0.15, 0.2) is 23.2 Å². The van der Waals surface area contributed by atoms with E-state index in [9.17, 15) is 8.42 Å². The highest BCUT2D eigenvalue weighted by Crippen LogP contribution is 2.07. The van der Waals surface area contributed by atoms with Gasteiger partial charge in [-0.1, -0.05) is 0 Å². The lowest BCUT2D eigenvalue weighted by atomic mass is 10.4. The molecule has 0 radical (unpaired) electrons. The summed E-state index contributed by atoms with van der Waals surface area (Å²) in [6.45, 7) is 1.69. The molecule has 0 aliphatic heterocycles. The minimum atomic E-state index is -3.54. The number of methoxy groups -OCH3 is 1. The maximum absolute atomic E-state index is 11.9. The van der Waals surface area contributed by atoms with Crippen molar-refractivity contribution in [2.45, 2.75) is 11.4 Å². The second-order valence-corrected chi connectivity index (χ2v) is 5.46. The summed E-state index contributed by atoms with van der Waals surface area (Å²) < 4.78 is 36.1. The third-order valence-electron chi connectivity index (χ3n) is 2.29. The number of sulfonamides is 1. The van der Waals surface area contributed by atoms with Gasteiger partial charge in [-0.2, -0.15) is 0 Å². The van der Waals surface area contributed by atoms with Gasteiger partial charge >= 0.3 is 0 Å². The number of nitrogens with zero attached hydrogens (tertiary/aromatic N) is 1. The second kappa shape index (κ2) is 8.18. The Hall–Kier alpha value is -1.06. The molecule has 1 aromatic rings. The first-order valence-electron chi connectivity index (χ1n) is 5.81. The van der Waals surface area contributed by atoms with Crippen molar-refractivity contribution in [3.8, 4) is 0 Å². The topological polar surface area (TPSA) is 104 Å². The van der Waals surface area contributed by atoms with Crippen molar-refractivity contribution in [3.63, 3.8) is 0 Å². The summed E-state index contributed by atoms with van der Waals surface area (Å²) in [7, 11) is -1.97. The third kappa shape index (κ3) is 5.62. The van der Waals surface area contributed by atoms with Crippen LogP contribution in [0.25, 0.3) is 0 Å². The van der Waals surface area contributed by atoms with Gasteiger partial charge in [0.25, 0.3) is 0 Å². The van der Waals surface area contributed by atoms with Gasteiger partial charge in [0.15, 0.2) is 0 Å². The molecular weight excluding hydrogens is 270 g/mol. The normalized spacial score (nSPS) is 11.7. The molecule has 0 aromatic carbocycles. The van der Waals surface area contributed by atoms with E-state index in [2.05, 4.69) is 9.71 Å². The summed E-state index contributed by atoms with van der Waals surface area (Å²) in [6, 6.07) is 3.06. The minimum absolute atomic E-state index is 0.113. The molecule has 0 aliphatic carbocycles. The number of aromatic nitrogens is 1. The Kier molecular flexibility index (Phi) is 6.89. The summed E-state index contributed by atoms with van der Waals surface area (Å²) in [4.78, 5) is 4.05. The monoisotopic (exact) mass is 289 g/mol. The standard InChI is InChI=1S/C11H19N3O4S/c1-17-6-7-18-5-4-14-19(15,16)11-3-2-10(8-12)13-9-11/h2-3,9,14H,4-8,12H2,1H3. The Morgan fingerprint density at radius 2 is 2.11 bits per heavy atom. The summed E-state index contributed by atoms with van der Waals surface area (Å²) in [5.41, 5.74) is 6.03. The van der Waals surface area contributed by atoms with E-state index in [1.54, 1.807) is 13.2 Å². The third-order valence-corrected chi connectivity index (χ3v) is 3.73. The fourth-order valence-electron chi connectivity index (χ4n) is 1.27. The molecule has 1 aromatic heterocycles. The number of pyridine rings is 1. The number of rotatable bonds is 9. The van der Waals surface area contributed by atoms with E-state index in [1.165, 1.54) is 12.3 Å². The Morgan fingerprint density at radius 3 is 2.68 bits per heavy atom. The van der Waals surface area contributed by atoms with Crippen LogP contribution in [0.1, 0.15) is 5.69 Å². The summed E-state index contributed by atoms with van der Waals surface area (Å²) in [5, 5.41) is 0. The van der Waals surface area contributed by atoms with E-state index in [4.69, 9.17) is 15.2 Å². The van der Waals surface area contributed by atoms with Crippen LogP contribution in [0.2, 0.25) is 0 Å². The molecule has 0 bridgehead atoms. The lowest BCUT2D eigenvalue weighted by Crippen LogP contribution is -2.28. The lowest BCUT2D eigenvalue weighted by molar-refractivity contribution is 0.0736. The molecule has 0 atom stereocenters. The van der Waals surface area contributed by atoms with Crippen LogP contribution < -0.4 is 10.5 Å². The first kappa shape index (κ1) is 16.0. The molecule has 1 heterocycles. The summed E-state index contributed by atoms with van der Waals surface area (Å²) in [6.07, 6.45) is 1.29. The zero-order chi connectivity index (χ0) is 14.1. The Balaban J connectivity index is 2.42. The molecule has 0 saturated heterocycles. The quantitative estimate of drug-likeness (QED) is 0.593. The highest BCUT2D eigenvalue weighted by molar-refractivity contribution is 7.89. The molecule has 1 rings (SSSR count). The van der Waals surface area contributed by atoms with Crippen LogP contribution in [0.3, 0.4) is 0 Å². The van der Waals surface area contributed by atoms with Gasteiger partial charge in [-0.05, 0) is 12.1 Å². The highest BCUT2D eigenvalue weighted by atomic mass is 32.2. The zero-order valence-electron chi connectivity index (χ0n) is 10.8. The van der Waals surface area contributed by atoms with E-state index < -0.39 is 10.0 Å². The molecule has 8 heteroatoms. The van der Waals surface area contributed by atoms with Gasteiger partial charge in [0, 0.05) is 26.4 Å². The predicted molar refractivity (Wildman–Crippen MR) is 70.0 cm³/mol. The van der Waals surface area contributed by atoms with Crippen molar-refractivity contribution in [1.82, 2.24) is 9.71 Å². The molecule has 3 N–H and O–H groups in total. The van der Waals surface area contributed by atoms with Crippen LogP contribution in [0.5, 0.6) is 0 Å². The molecule has 0 saturated carbocycles. The van der Waals surface area contributed by atoms with Crippen LogP contribution in [-0.4, -0.2) is 46.9 Å². The first-order chi connectivity index (χ1) is 9.10. The van der Waals surface area contributed by atoms with Gasteiger partial charge in [-0.3, -0.25) is 4.98 Å². The van der Waals surface area contributed by atoms with Gasteiger partial charge in [0.05, 0.1) is 25.5 Å². The molecule has 7 nitrogen and oxygen atoms in total. The van der Waals surface area contributed by atoms with Gasteiger partial charge in [0.1, 0.15) is 4.90 Å². The molecule has 0 fully saturated rings. The Labute approximate surface area is 113 Å². The fourth-order valence-corrected chi connectivity index (χ4v) is 2.22. The number of nitrogens with two attached hydrogens (primary N) is 1. The summed E-state index contributed by atoms with van der Waals surface area (Å²) in [5.74, 6) is 0. The molecule has 0 spiro atoms. The average molecular weight is 289 g/mol. The predicted octanol–water partition coefficient (Wildman–Crippen LogP) is -0.518. The van der Waals surface area contributed by atoms with Crippen LogP contribution in [0.4, 0.5) is 0 Å². The smallest absolute Gasteiger partial charge is 0.242 e. The summed E-state index contributed by atoms with van der Waals surface area (Å²) >= 11 is 0. The minimum Gasteiger partial charge on any atom is -0.382 e. The van der Waals surface area contributed by atoms with Crippen LogP contribution in [0, 0.1) is 0 Å². The lowest BCUT2D eigenvalue weighted by Gasteiger charge is -2.07.